The van der Waals surface area contributed by atoms with Crippen LogP contribution in [0.4, 0.5) is 8.78 Å². The molecule has 0 saturated carbocycles. The molecule has 9 heteroatoms. The van der Waals surface area contributed by atoms with Crippen LogP contribution in [0.25, 0.3) is 0 Å². The normalized spacial score (nSPS) is 13.0. The zero-order valence-electron chi connectivity index (χ0n) is 14.4. The standard InChI is InChI=1S/C17H20F2N2O3S2/c1-12(13-7-8-14(18)15(19)11-13)20-16(22)5-3-9-21(2)26(23,24)17-6-4-10-25-17/h4,6-8,10-12H,3,5,9H2,1-2H3,(H,20,22). The van der Waals surface area contributed by atoms with Gasteiger partial charge in [0, 0.05) is 20.0 Å². The van der Waals surface area contributed by atoms with Crippen LogP contribution in [-0.4, -0.2) is 32.2 Å². The summed E-state index contributed by atoms with van der Waals surface area (Å²) in [6.07, 6.45) is 0.468. The monoisotopic (exact) mass is 402 g/mol. The van der Waals surface area contributed by atoms with Gasteiger partial charge in [-0.2, -0.15) is 0 Å². The number of carbonyl (C=O) groups is 1. The van der Waals surface area contributed by atoms with Gasteiger partial charge in [-0.05, 0) is 42.5 Å². The molecule has 0 saturated heterocycles. The number of nitrogens with one attached hydrogen (secondary N) is 1. The predicted molar refractivity (Wildman–Crippen MR) is 96.3 cm³/mol. The maximum absolute atomic E-state index is 13.2. The number of nitrogens with zero attached hydrogens (tertiary/aromatic N) is 1. The molecule has 1 N–H and O–H groups in total. The maximum Gasteiger partial charge on any atom is 0.252 e. The fourth-order valence-corrected chi connectivity index (χ4v) is 4.74. The van der Waals surface area contributed by atoms with Crippen LogP contribution < -0.4 is 5.32 Å². The Labute approximate surface area is 155 Å². The van der Waals surface area contributed by atoms with Gasteiger partial charge in [-0.3, -0.25) is 4.79 Å². The van der Waals surface area contributed by atoms with Crippen LogP contribution >= 0.6 is 11.3 Å². The van der Waals surface area contributed by atoms with Crippen molar-refractivity contribution in [2.75, 3.05) is 13.6 Å². The molecule has 2 aromatic rings. The molecular formula is C17H20F2N2O3S2. The van der Waals surface area contributed by atoms with Crippen molar-refractivity contribution in [1.29, 1.82) is 0 Å². The molecule has 142 valence electrons. The number of hydrogen-bond donors (Lipinski definition) is 1. The number of benzene rings is 1. The van der Waals surface area contributed by atoms with E-state index in [9.17, 15) is 22.0 Å². The van der Waals surface area contributed by atoms with E-state index in [2.05, 4.69) is 5.32 Å². The SMILES string of the molecule is CC(NC(=O)CCCN(C)S(=O)(=O)c1cccs1)c1ccc(F)c(F)c1. The average molecular weight is 402 g/mol. The van der Waals surface area contributed by atoms with Gasteiger partial charge in [-0.1, -0.05) is 12.1 Å². The molecule has 1 aromatic carbocycles. The lowest BCUT2D eigenvalue weighted by Gasteiger charge is -2.17. The minimum absolute atomic E-state index is 0.123. The summed E-state index contributed by atoms with van der Waals surface area (Å²) in [6, 6.07) is 6.18. The first kappa shape index (κ1) is 20.5. The maximum atomic E-state index is 13.2. The van der Waals surface area contributed by atoms with Gasteiger partial charge >= 0.3 is 0 Å². The summed E-state index contributed by atoms with van der Waals surface area (Å²) in [5.74, 6) is -2.20. The van der Waals surface area contributed by atoms with E-state index in [-0.39, 0.29) is 23.1 Å². The van der Waals surface area contributed by atoms with Crippen molar-refractivity contribution in [3.63, 3.8) is 0 Å². The van der Waals surface area contributed by atoms with E-state index in [1.165, 1.54) is 23.5 Å². The van der Waals surface area contributed by atoms with Crippen molar-refractivity contribution in [1.82, 2.24) is 9.62 Å². The molecule has 1 aromatic heterocycles. The third-order valence-corrected chi connectivity index (χ3v) is 7.09. The fraction of sp³-hybridized carbons (Fsp3) is 0.353. The lowest BCUT2D eigenvalue weighted by molar-refractivity contribution is -0.121. The van der Waals surface area contributed by atoms with Gasteiger partial charge in [0.2, 0.25) is 5.91 Å². The van der Waals surface area contributed by atoms with Crippen LogP contribution in [0.15, 0.2) is 39.9 Å². The van der Waals surface area contributed by atoms with Crippen LogP contribution in [0.3, 0.4) is 0 Å². The first-order valence-electron chi connectivity index (χ1n) is 7.96. The Morgan fingerprint density at radius 3 is 2.62 bits per heavy atom. The molecule has 0 spiro atoms. The van der Waals surface area contributed by atoms with E-state index >= 15 is 0 Å². The Balaban J connectivity index is 1.82. The Kier molecular flexibility index (Phi) is 6.85. The molecule has 0 radical (unpaired) electrons. The van der Waals surface area contributed by atoms with E-state index in [4.69, 9.17) is 0 Å². The summed E-state index contributed by atoms with van der Waals surface area (Å²) in [5, 5.41) is 4.38. The summed E-state index contributed by atoms with van der Waals surface area (Å²) >= 11 is 1.14. The molecular weight excluding hydrogens is 382 g/mol. The summed E-state index contributed by atoms with van der Waals surface area (Å²) in [4.78, 5) is 12.0. The van der Waals surface area contributed by atoms with Crippen molar-refractivity contribution in [2.45, 2.75) is 30.0 Å². The van der Waals surface area contributed by atoms with Crippen LogP contribution in [0.2, 0.25) is 0 Å². The highest BCUT2D eigenvalue weighted by molar-refractivity contribution is 7.91. The minimum atomic E-state index is -3.53. The van der Waals surface area contributed by atoms with Crippen LogP contribution in [-0.2, 0) is 14.8 Å². The number of thiophene rings is 1. The number of carbonyl (C=O) groups excluding carboxylic acids is 1. The summed E-state index contributed by atoms with van der Waals surface area (Å²) in [6.45, 7) is 1.87. The van der Waals surface area contributed by atoms with E-state index in [1.807, 2.05) is 0 Å². The van der Waals surface area contributed by atoms with Crippen molar-refractivity contribution < 1.29 is 22.0 Å². The highest BCUT2D eigenvalue weighted by Crippen LogP contribution is 2.20. The van der Waals surface area contributed by atoms with E-state index in [0.717, 1.165) is 23.5 Å². The van der Waals surface area contributed by atoms with Gasteiger partial charge in [0.1, 0.15) is 4.21 Å². The van der Waals surface area contributed by atoms with Crippen LogP contribution in [0.5, 0.6) is 0 Å². The fourth-order valence-electron chi connectivity index (χ4n) is 2.33. The van der Waals surface area contributed by atoms with E-state index < -0.39 is 27.7 Å². The molecule has 0 bridgehead atoms. The summed E-state index contributed by atoms with van der Waals surface area (Å²) in [5.41, 5.74) is 0.453. The lowest BCUT2D eigenvalue weighted by Crippen LogP contribution is -2.30. The van der Waals surface area contributed by atoms with Crippen molar-refractivity contribution >= 4 is 27.3 Å². The van der Waals surface area contributed by atoms with Gasteiger partial charge in [0.25, 0.3) is 10.0 Å². The molecule has 5 nitrogen and oxygen atoms in total. The number of amides is 1. The average Bonchev–Trinajstić information content (AvgIpc) is 3.12. The first-order valence-corrected chi connectivity index (χ1v) is 10.3. The second-order valence-corrected chi connectivity index (χ2v) is 9.04. The van der Waals surface area contributed by atoms with Gasteiger partial charge in [-0.25, -0.2) is 21.5 Å². The van der Waals surface area contributed by atoms with Gasteiger partial charge < -0.3 is 5.32 Å². The topological polar surface area (TPSA) is 66.5 Å². The molecule has 1 atom stereocenters. The Hall–Kier alpha value is -1.84. The third-order valence-electron chi connectivity index (χ3n) is 3.86. The zero-order valence-corrected chi connectivity index (χ0v) is 16.0. The highest BCUT2D eigenvalue weighted by atomic mass is 32.2. The number of hydrogen-bond acceptors (Lipinski definition) is 4. The number of sulfonamides is 1. The molecule has 1 heterocycles. The summed E-state index contributed by atoms with van der Waals surface area (Å²) in [7, 11) is -2.06. The molecule has 1 unspecified atom stereocenters. The molecule has 0 aliphatic carbocycles. The smallest absolute Gasteiger partial charge is 0.252 e. The molecule has 0 aliphatic rings. The third kappa shape index (κ3) is 5.09. The predicted octanol–water partition coefficient (Wildman–Crippen LogP) is 3.30. The van der Waals surface area contributed by atoms with Crippen LogP contribution in [0, 0.1) is 11.6 Å². The Morgan fingerprint density at radius 2 is 2.00 bits per heavy atom. The number of rotatable bonds is 8. The minimum Gasteiger partial charge on any atom is -0.350 e. The first-order chi connectivity index (χ1) is 12.2. The van der Waals surface area contributed by atoms with Crippen molar-refractivity contribution in [2.24, 2.45) is 0 Å². The molecule has 0 fully saturated rings. The van der Waals surface area contributed by atoms with Crippen LogP contribution in [0.1, 0.15) is 31.4 Å². The molecule has 1 amide bonds. The molecule has 26 heavy (non-hydrogen) atoms. The highest BCUT2D eigenvalue weighted by Gasteiger charge is 2.21. The van der Waals surface area contributed by atoms with E-state index in [0.29, 0.717) is 12.0 Å². The van der Waals surface area contributed by atoms with E-state index in [1.54, 1.807) is 18.4 Å². The second kappa shape index (κ2) is 8.70. The van der Waals surface area contributed by atoms with Gasteiger partial charge in [0.05, 0.1) is 6.04 Å². The lowest BCUT2D eigenvalue weighted by atomic mass is 10.1. The quantitative estimate of drug-likeness (QED) is 0.737. The molecule has 0 aliphatic heterocycles. The zero-order chi connectivity index (χ0) is 19.3. The van der Waals surface area contributed by atoms with Crippen molar-refractivity contribution in [3.05, 3.63) is 52.9 Å². The van der Waals surface area contributed by atoms with Gasteiger partial charge in [0.15, 0.2) is 11.6 Å². The number of halogens is 2. The largest absolute Gasteiger partial charge is 0.350 e. The van der Waals surface area contributed by atoms with Gasteiger partial charge in [-0.15, -0.1) is 11.3 Å². The molecule has 2 rings (SSSR count). The Morgan fingerprint density at radius 1 is 1.27 bits per heavy atom. The summed E-state index contributed by atoms with van der Waals surface area (Å²) < 4.78 is 52.2. The second-order valence-electron chi connectivity index (χ2n) is 5.82. The van der Waals surface area contributed by atoms with Crippen molar-refractivity contribution in [3.8, 4) is 0 Å². The Bertz CT molecular complexity index is 855.